The van der Waals surface area contributed by atoms with Gasteiger partial charge in [-0.25, -0.2) is 13.2 Å². The van der Waals surface area contributed by atoms with E-state index in [1.165, 1.54) is 24.3 Å². The minimum atomic E-state index is -3.86. The number of benzene rings is 2. The molecule has 0 aliphatic carbocycles. The number of carboxylic acid groups (broad SMARTS) is 1. The van der Waals surface area contributed by atoms with Crippen LogP contribution in [0.5, 0.6) is 11.5 Å². The largest absolute Gasteiger partial charge is 0.484 e. The van der Waals surface area contributed by atoms with Crippen LogP contribution in [0.3, 0.4) is 0 Å². The lowest BCUT2D eigenvalue weighted by Crippen LogP contribution is -2.44. The lowest BCUT2D eigenvalue weighted by molar-refractivity contribution is -0.139. The summed E-state index contributed by atoms with van der Waals surface area (Å²) in [5, 5.41) is 8.09. The quantitative estimate of drug-likeness (QED) is 0.709. The molecule has 0 saturated carbocycles. The molecule has 0 aromatic heterocycles. The molecule has 1 heterocycles. The molecule has 2 aromatic carbocycles. The fraction of sp³-hybridized carbons (Fsp3) is 0.350. The number of para-hydroxylation sites is 1. The van der Waals surface area contributed by atoms with Gasteiger partial charge in [0.15, 0.2) is 27.9 Å². The first-order chi connectivity index (χ1) is 13.5. The van der Waals surface area contributed by atoms with Gasteiger partial charge in [0.1, 0.15) is 11.0 Å². The summed E-state index contributed by atoms with van der Waals surface area (Å²) >= 11 is 5.87. The number of fused-ring (bicyclic) bond motifs is 1. The van der Waals surface area contributed by atoms with Crippen LogP contribution in [-0.2, 0) is 14.6 Å². The van der Waals surface area contributed by atoms with E-state index < -0.39 is 39.3 Å². The van der Waals surface area contributed by atoms with E-state index in [2.05, 4.69) is 0 Å². The van der Waals surface area contributed by atoms with E-state index in [0.717, 1.165) is 0 Å². The molecule has 0 spiro atoms. The van der Waals surface area contributed by atoms with Crippen molar-refractivity contribution in [2.45, 2.75) is 42.1 Å². The average Bonchev–Trinajstić information content (AvgIpc) is 2.64. The van der Waals surface area contributed by atoms with Crippen molar-refractivity contribution in [3.05, 3.63) is 53.1 Å². The summed E-state index contributed by atoms with van der Waals surface area (Å²) in [7, 11) is -3.86. The van der Waals surface area contributed by atoms with Gasteiger partial charge in [-0.05, 0) is 50.6 Å². The molecule has 9 heteroatoms. The van der Waals surface area contributed by atoms with Crippen LogP contribution in [0.1, 0.15) is 31.7 Å². The zero-order valence-electron chi connectivity index (χ0n) is 16.0. The van der Waals surface area contributed by atoms with Crippen LogP contribution in [-0.4, -0.2) is 37.1 Å². The van der Waals surface area contributed by atoms with Gasteiger partial charge >= 0.3 is 5.97 Å². The maximum absolute atomic E-state index is 13.1. The maximum Gasteiger partial charge on any atom is 0.341 e. The molecule has 0 amide bonds. The normalized spacial score (nSPS) is 19.0. The van der Waals surface area contributed by atoms with E-state index in [-0.39, 0.29) is 10.6 Å². The van der Waals surface area contributed by atoms with Crippen molar-refractivity contribution >= 4 is 27.4 Å². The highest BCUT2D eigenvalue weighted by Gasteiger charge is 2.42. The molecule has 7 nitrogen and oxygen atoms in total. The Kier molecular flexibility index (Phi) is 5.80. The zero-order valence-corrected chi connectivity index (χ0v) is 17.5. The minimum Gasteiger partial charge on any atom is -0.484 e. The number of carbonyl (C=O) groups is 1. The van der Waals surface area contributed by atoms with Crippen molar-refractivity contribution in [2.24, 2.45) is 5.73 Å². The van der Waals surface area contributed by atoms with Crippen molar-refractivity contribution in [1.82, 2.24) is 0 Å². The Balaban J connectivity index is 2.03. The topological polar surface area (TPSA) is 116 Å². The van der Waals surface area contributed by atoms with Gasteiger partial charge in [-0.1, -0.05) is 23.7 Å². The van der Waals surface area contributed by atoms with Gasteiger partial charge in [-0.2, -0.15) is 0 Å². The van der Waals surface area contributed by atoms with Gasteiger partial charge in [0.2, 0.25) is 0 Å². The number of rotatable bonds is 6. The Morgan fingerprint density at radius 2 is 1.97 bits per heavy atom. The van der Waals surface area contributed by atoms with Crippen LogP contribution in [0.25, 0.3) is 0 Å². The standard InChI is InChI=1S/C20H22ClNO6S/c1-20(2)10-15(19(22)29(25,26)13-8-6-12(21)7-9-13)14-4-3-5-16(18(14)28-20)27-11-17(23)24/h3-9,15,19H,10-11,22H2,1-2H3,(H,23,24). The van der Waals surface area contributed by atoms with Crippen molar-refractivity contribution in [2.75, 3.05) is 6.61 Å². The predicted octanol–water partition coefficient (Wildman–Crippen LogP) is 3.21. The molecule has 156 valence electrons. The molecule has 29 heavy (non-hydrogen) atoms. The number of hydrogen-bond acceptors (Lipinski definition) is 6. The first kappa shape index (κ1) is 21.4. The molecule has 2 unspecified atom stereocenters. The van der Waals surface area contributed by atoms with Gasteiger partial charge in [-0.3, -0.25) is 0 Å². The summed E-state index contributed by atoms with van der Waals surface area (Å²) in [5.41, 5.74) is 6.13. The second-order valence-electron chi connectivity index (χ2n) is 7.49. The first-order valence-electron chi connectivity index (χ1n) is 8.93. The number of aliphatic carboxylic acids is 1. The highest BCUT2D eigenvalue weighted by molar-refractivity contribution is 7.92. The van der Waals surface area contributed by atoms with Crippen LogP contribution >= 0.6 is 11.6 Å². The van der Waals surface area contributed by atoms with Crippen molar-refractivity contribution in [3.8, 4) is 11.5 Å². The van der Waals surface area contributed by atoms with Crippen LogP contribution in [0.4, 0.5) is 0 Å². The summed E-state index contributed by atoms with van der Waals surface area (Å²) in [5.74, 6) is -1.16. The SMILES string of the molecule is CC1(C)CC(C(N)S(=O)(=O)c2ccc(Cl)cc2)c2cccc(OCC(=O)O)c2O1. The van der Waals surface area contributed by atoms with Crippen LogP contribution in [0, 0.1) is 0 Å². The number of nitrogens with two attached hydrogens (primary N) is 1. The number of halogens is 1. The average molecular weight is 440 g/mol. The molecule has 0 radical (unpaired) electrons. The Hall–Kier alpha value is -2.29. The van der Waals surface area contributed by atoms with Crippen molar-refractivity contribution in [1.29, 1.82) is 0 Å². The fourth-order valence-electron chi connectivity index (χ4n) is 3.44. The third-order valence-electron chi connectivity index (χ3n) is 4.75. The molecule has 1 aliphatic rings. The third kappa shape index (κ3) is 4.49. The van der Waals surface area contributed by atoms with E-state index in [0.29, 0.717) is 22.8 Å². The fourth-order valence-corrected chi connectivity index (χ4v) is 5.07. The molecule has 3 N–H and O–H groups in total. The number of sulfone groups is 1. The maximum atomic E-state index is 13.1. The molecule has 0 saturated heterocycles. The Morgan fingerprint density at radius 3 is 2.59 bits per heavy atom. The molecule has 0 fully saturated rings. The lowest BCUT2D eigenvalue weighted by Gasteiger charge is -2.40. The number of hydrogen-bond donors (Lipinski definition) is 2. The molecule has 0 bridgehead atoms. The van der Waals surface area contributed by atoms with E-state index >= 15 is 0 Å². The summed E-state index contributed by atoms with van der Waals surface area (Å²) < 4.78 is 37.6. The van der Waals surface area contributed by atoms with Crippen LogP contribution in [0.2, 0.25) is 5.02 Å². The van der Waals surface area contributed by atoms with E-state index in [9.17, 15) is 13.2 Å². The minimum absolute atomic E-state index is 0.0820. The highest BCUT2D eigenvalue weighted by atomic mass is 35.5. The Morgan fingerprint density at radius 1 is 1.31 bits per heavy atom. The molecule has 2 aromatic rings. The summed E-state index contributed by atoms with van der Waals surface area (Å²) in [6, 6.07) is 10.8. The lowest BCUT2D eigenvalue weighted by atomic mass is 9.84. The summed E-state index contributed by atoms with van der Waals surface area (Å²) in [4.78, 5) is 11.0. The zero-order chi connectivity index (χ0) is 21.4. The Bertz CT molecular complexity index is 1020. The van der Waals surface area contributed by atoms with Gasteiger partial charge in [0.25, 0.3) is 0 Å². The van der Waals surface area contributed by atoms with Gasteiger partial charge < -0.3 is 20.3 Å². The van der Waals surface area contributed by atoms with E-state index in [1.54, 1.807) is 18.2 Å². The smallest absolute Gasteiger partial charge is 0.341 e. The van der Waals surface area contributed by atoms with Crippen molar-refractivity contribution < 1.29 is 27.8 Å². The summed E-state index contributed by atoms with van der Waals surface area (Å²) in [6.07, 6.45) is 0.358. The Labute approximate surface area is 174 Å². The molecular weight excluding hydrogens is 418 g/mol. The van der Waals surface area contributed by atoms with Crippen molar-refractivity contribution in [3.63, 3.8) is 0 Å². The summed E-state index contributed by atoms with van der Waals surface area (Å²) in [6.45, 7) is 3.09. The van der Waals surface area contributed by atoms with E-state index in [4.69, 9.17) is 31.9 Å². The number of ether oxygens (including phenoxy) is 2. The second-order valence-corrected chi connectivity index (χ2v) is 10.0. The van der Waals surface area contributed by atoms with Gasteiger partial charge in [-0.15, -0.1) is 0 Å². The predicted molar refractivity (Wildman–Crippen MR) is 108 cm³/mol. The number of carboxylic acids is 1. The third-order valence-corrected chi connectivity index (χ3v) is 6.97. The molecule has 1 aliphatic heterocycles. The first-order valence-corrected chi connectivity index (χ1v) is 10.9. The monoisotopic (exact) mass is 439 g/mol. The highest BCUT2D eigenvalue weighted by Crippen LogP contribution is 2.47. The van der Waals surface area contributed by atoms with Gasteiger partial charge in [0, 0.05) is 16.5 Å². The molecular formula is C20H22ClNO6S. The molecule has 3 rings (SSSR count). The second kappa shape index (κ2) is 7.85. The van der Waals surface area contributed by atoms with Gasteiger partial charge in [0.05, 0.1) is 4.90 Å². The van der Waals surface area contributed by atoms with E-state index in [1.807, 2.05) is 13.8 Å². The van der Waals surface area contributed by atoms with Crippen LogP contribution < -0.4 is 15.2 Å². The van der Waals surface area contributed by atoms with Crippen LogP contribution in [0.15, 0.2) is 47.4 Å². The molecule has 2 atom stereocenters.